The van der Waals surface area contributed by atoms with E-state index in [0.717, 1.165) is 0 Å². The van der Waals surface area contributed by atoms with E-state index >= 15 is 0 Å². The van der Waals surface area contributed by atoms with Crippen molar-refractivity contribution < 1.29 is 19.1 Å². The summed E-state index contributed by atoms with van der Waals surface area (Å²) < 4.78 is 9.64. The Kier molecular flexibility index (Phi) is 5.36. The van der Waals surface area contributed by atoms with E-state index in [1.165, 1.54) is 7.11 Å². The van der Waals surface area contributed by atoms with Crippen LogP contribution in [-0.2, 0) is 9.53 Å². The second-order valence-corrected chi connectivity index (χ2v) is 4.24. The summed E-state index contributed by atoms with van der Waals surface area (Å²) in [5, 5.41) is 0. The van der Waals surface area contributed by atoms with Crippen LogP contribution in [0.2, 0.25) is 0 Å². The monoisotopic (exact) mass is 250 g/mol. The molecule has 0 saturated carbocycles. The molecular formula is C14H18O4. The van der Waals surface area contributed by atoms with Gasteiger partial charge >= 0.3 is 5.97 Å². The smallest absolute Gasteiger partial charge is 0.305 e. The van der Waals surface area contributed by atoms with E-state index in [9.17, 15) is 9.59 Å². The Labute approximate surface area is 107 Å². The van der Waals surface area contributed by atoms with Gasteiger partial charge in [0.15, 0.2) is 5.78 Å². The summed E-state index contributed by atoms with van der Waals surface area (Å²) in [7, 11) is 2.91. The van der Waals surface area contributed by atoms with Crippen molar-refractivity contribution in [3.8, 4) is 5.75 Å². The lowest BCUT2D eigenvalue weighted by molar-refractivity contribution is -0.141. The van der Waals surface area contributed by atoms with Crippen LogP contribution in [-0.4, -0.2) is 26.0 Å². The van der Waals surface area contributed by atoms with Crippen LogP contribution in [0.3, 0.4) is 0 Å². The molecule has 0 fully saturated rings. The quantitative estimate of drug-likeness (QED) is 0.575. The average molecular weight is 250 g/mol. The number of rotatable bonds is 6. The zero-order valence-corrected chi connectivity index (χ0v) is 10.9. The molecule has 0 heterocycles. The van der Waals surface area contributed by atoms with Gasteiger partial charge in [-0.05, 0) is 18.1 Å². The minimum atomic E-state index is -0.291. The Hall–Kier alpha value is -1.84. The Morgan fingerprint density at radius 2 is 1.94 bits per heavy atom. The van der Waals surface area contributed by atoms with Gasteiger partial charge in [-0.3, -0.25) is 9.59 Å². The van der Waals surface area contributed by atoms with Crippen LogP contribution in [0.4, 0.5) is 0 Å². The van der Waals surface area contributed by atoms with Crippen LogP contribution >= 0.6 is 0 Å². The molecule has 98 valence electrons. The van der Waals surface area contributed by atoms with Gasteiger partial charge in [-0.1, -0.05) is 19.1 Å². The van der Waals surface area contributed by atoms with Crippen LogP contribution in [0.1, 0.15) is 30.1 Å². The molecule has 1 aromatic carbocycles. The molecule has 0 bridgehead atoms. The second-order valence-electron chi connectivity index (χ2n) is 4.24. The van der Waals surface area contributed by atoms with Gasteiger partial charge in [-0.25, -0.2) is 0 Å². The molecule has 4 heteroatoms. The molecule has 0 aliphatic rings. The Morgan fingerprint density at radius 1 is 1.22 bits per heavy atom. The predicted molar refractivity (Wildman–Crippen MR) is 67.7 cm³/mol. The molecule has 18 heavy (non-hydrogen) atoms. The number of carbonyl (C=O) groups is 2. The Morgan fingerprint density at radius 3 is 2.56 bits per heavy atom. The summed E-state index contributed by atoms with van der Waals surface area (Å²) >= 11 is 0. The van der Waals surface area contributed by atoms with Gasteiger partial charge in [0, 0.05) is 18.4 Å². The highest BCUT2D eigenvalue weighted by molar-refractivity contribution is 5.96. The Bertz CT molecular complexity index is 426. The maximum Gasteiger partial charge on any atom is 0.305 e. The first kappa shape index (κ1) is 14.2. The van der Waals surface area contributed by atoms with E-state index in [-0.39, 0.29) is 24.1 Å². The molecule has 4 nitrogen and oxygen atoms in total. The molecule has 1 atom stereocenters. The number of ether oxygens (including phenoxy) is 2. The molecule has 1 rings (SSSR count). The van der Waals surface area contributed by atoms with E-state index in [1.807, 2.05) is 6.92 Å². The predicted octanol–water partition coefficient (Wildman–Crippen LogP) is 2.47. The summed E-state index contributed by atoms with van der Waals surface area (Å²) in [6, 6.07) is 7.01. The zero-order chi connectivity index (χ0) is 13.5. The number of hydrogen-bond acceptors (Lipinski definition) is 4. The van der Waals surface area contributed by atoms with Gasteiger partial charge < -0.3 is 9.47 Å². The molecule has 0 saturated heterocycles. The lowest BCUT2D eigenvalue weighted by Gasteiger charge is -2.09. The number of methoxy groups -OCH3 is 2. The fourth-order valence-electron chi connectivity index (χ4n) is 1.67. The van der Waals surface area contributed by atoms with Crippen molar-refractivity contribution in [1.29, 1.82) is 0 Å². The number of carbonyl (C=O) groups excluding carboxylic acids is 2. The SMILES string of the molecule is COC(=O)C[C@@H](C)CC(=O)c1cccc(OC)c1. The molecule has 0 N–H and O–H groups in total. The van der Waals surface area contributed by atoms with Gasteiger partial charge in [-0.2, -0.15) is 0 Å². The molecule has 0 aliphatic heterocycles. The highest BCUT2D eigenvalue weighted by atomic mass is 16.5. The van der Waals surface area contributed by atoms with Crippen molar-refractivity contribution in [3.63, 3.8) is 0 Å². The van der Waals surface area contributed by atoms with Crippen molar-refractivity contribution in [3.05, 3.63) is 29.8 Å². The third-order valence-corrected chi connectivity index (χ3v) is 2.67. The molecule has 1 aromatic rings. The summed E-state index contributed by atoms with van der Waals surface area (Å²) in [6.07, 6.45) is 0.578. The van der Waals surface area contributed by atoms with Crippen molar-refractivity contribution in [2.45, 2.75) is 19.8 Å². The number of hydrogen-bond donors (Lipinski definition) is 0. The van der Waals surface area contributed by atoms with Crippen LogP contribution in [0.25, 0.3) is 0 Å². The molecule has 0 aromatic heterocycles. The molecule has 0 unspecified atom stereocenters. The highest BCUT2D eigenvalue weighted by Crippen LogP contribution is 2.17. The van der Waals surface area contributed by atoms with Crippen LogP contribution in [0.15, 0.2) is 24.3 Å². The minimum absolute atomic E-state index is 0.00491. The van der Waals surface area contributed by atoms with Gasteiger partial charge in [0.1, 0.15) is 5.75 Å². The third-order valence-electron chi connectivity index (χ3n) is 2.67. The number of ketones is 1. The first-order valence-electron chi connectivity index (χ1n) is 5.81. The summed E-state index contributed by atoms with van der Waals surface area (Å²) in [6.45, 7) is 1.86. The number of esters is 1. The van der Waals surface area contributed by atoms with Gasteiger partial charge in [-0.15, -0.1) is 0 Å². The van der Waals surface area contributed by atoms with Gasteiger partial charge in [0.05, 0.1) is 14.2 Å². The molecule has 0 aliphatic carbocycles. The van der Waals surface area contributed by atoms with E-state index in [2.05, 4.69) is 4.74 Å². The molecule has 0 spiro atoms. The fourth-order valence-corrected chi connectivity index (χ4v) is 1.67. The summed E-state index contributed by atoms with van der Waals surface area (Å²) in [5.41, 5.74) is 0.603. The van der Waals surface area contributed by atoms with Crippen LogP contribution in [0.5, 0.6) is 5.75 Å². The third kappa shape index (κ3) is 4.20. The van der Waals surface area contributed by atoms with E-state index in [1.54, 1.807) is 31.4 Å². The van der Waals surface area contributed by atoms with E-state index in [0.29, 0.717) is 17.7 Å². The van der Waals surface area contributed by atoms with Crippen LogP contribution in [0, 0.1) is 5.92 Å². The highest BCUT2D eigenvalue weighted by Gasteiger charge is 2.15. The fraction of sp³-hybridized carbons (Fsp3) is 0.429. The molecular weight excluding hydrogens is 232 g/mol. The van der Waals surface area contributed by atoms with Crippen molar-refractivity contribution in [1.82, 2.24) is 0 Å². The van der Waals surface area contributed by atoms with Crippen molar-refractivity contribution in [2.24, 2.45) is 5.92 Å². The first-order valence-corrected chi connectivity index (χ1v) is 5.81. The number of benzene rings is 1. The largest absolute Gasteiger partial charge is 0.497 e. The molecule has 0 amide bonds. The first-order chi connectivity index (χ1) is 8.56. The summed E-state index contributed by atoms with van der Waals surface area (Å²) in [4.78, 5) is 23.1. The standard InChI is InChI=1S/C14H18O4/c1-10(8-14(16)18-3)7-13(15)11-5-4-6-12(9-11)17-2/h4-6,9-10H,7-8H2,1-3H3/t10-/m0/s1. The lowest BCUT2D eigenvalue weighted by atomic mass is 9.97. The van der Waals surface area contributed by atoms with E-state index < -0.39 is 0 Å². The lowest BCUT2D eigenvalue weighted by Crippen LogP contribution is -2.11. The maximum atomic E-state index is 12.0. The maximum absolute atomic E-state index is 12.0. The zero-order valence-electron chi connectivity index (χ0n) is 10.9. The van der Waals surface area contributed by atoms with Gasteiger partial charge in [0.25, 0.3) is 0 Å². The summed E-state index contributed by atoms with van der Waals surface area (Å²) in [5.74, 6) is 0.337. The van der Waals surface area contributed by atoms with Crippen LogP contribution < -0.4 is 4.74 Å². The number of Topliss-reactive ketones (excluding diaryl/α,β-unsaturated/α-hetero) is 1. The minimum Gasteiger partial charge on any atom is -0.497 e. The average Bonchev–Trinajstić information content (AvgIpc) is 2.38. The van der Waals surface area contributed by atoms with Crippen molar-refractivity contribution in [2.75, 3.05) is 14.2 Å². The van der Waals surface area contributed by atoms with E-state index in [4.69, 9.17) is 4.74 Å². The van der Waals surface area contributed by atoms with Gasteiger partial charge in [0.2, 0.25) is 0 Å². The van der Waals surface area contributed by atoms with Crippen molar-refractivity contribution >= 4 is 11.8 Å². The molecule has 0 radical (unpaired) electrons. The second kappa shape index (κ2) is 6.79. The normalized spacial score (nSPS) is 11.7. The topological polar surface area (TPSA) is 52.6 Å². The Balaban J connectivity index is 2.61.